The van der Waals surface area contributed by atoms with Crippen molar-refractivity contribution in [3.8, 4) is 0 Å². The third-order valence-electron chi connectivity index (χ3n) is 3.42. The van der Waals surface area contributed by atoms with E-state index in [1.807, 2.05) is 39.6 Å². The number of hydrogen-bond donors (Lipinski definition) is 1. The zero-order valence-electron chi connectivity index (χ0n) is 12.1. The van der Waals surface area contributed by atoms with E-state index in [0.29, 0.717) is 12.4 Å². The number of aromatic nitrogens is 2. The highest BCUT2D eigenvalue weighted by molar-refractivity contribution is 5.70. The molecule has 1 aromatic rings. The largest absolute Gasteiger partial charge is 0.364 e. The van der Waals surface area contributed by atoms with Gasteiger partial charge in [0.05, 0.1) is 4.92 Å². The van der Waals surface area contributed by atoms with Crippen molar-refractivity contribution in [3.63, 3.8) is 0 Å². The van der Waals surface area contributed by atoms with E-state index in [4.69, 9.17) is 0 Å². The van der Waals surface area contributed by atoms with Crippen molar-refractivity contribution in [2.24, 2.45) is 0 Å². The van der Waals surface area contributed by atoms with Gasteiger partial charge in [0.2, 0.25) is 11.6 Å². The van der Waals surface area contributed by atoms with Crippen molar-refractivity contribution < 1.29 is 4.92 Å². The molecule has 0 aliphatic heterocycles. The van der Waals surface area contributed by atoms with Crippen LogP contribution < -0.4 is 10.2 Å². The molecule has 1 heterocycles. The van der Waals surface area contributed by atoms with Gasteiger partial charge in [-0.05, 0) is 27.2 Å². The van der Waals surface area contributed by atoms with Crippen molar-refractivity contribution in [2.75, 3.05) is 23.8 Å². The Balaban J connectivity index is 3.35. The van der Waals surface area contributed by atoms with Crippen LogP contribution in [0, 0.1) is 10.1 Å². The van der Waals surface area contributed by atoms with Crippen molar-refractivity contribution in [1.29, 1.82) is 0 Å². The van der Waals surface area contributed by atoms with E-state index in [-0.39, 0.29) is 17.0 Å². The molecule has 0 amide bonds. The Labute approximate surface area is 113 Å². The Morgan fingerprint density at radius 2 is 2.05 bits per heavy atom. The van der Waals surface area contributed by atoms with E-state index in [1.54, 1.807) is 0 Å². The maximum atomic E-state index is 11.3. The Morgan fingerprint density at radius 1 is 1.42 bits per heavy atom. The van der Waals surface area contributed by atoms with Crippen LogP contribution in [0.4, 0.5) is 17.3 Å². The molecule has 1 rings (SSSR count). The predicted molar refractivity (Wildman–Crippen MR) is 75.6 cm³/mol. The lowest BCUT2D eigenvalue weighted by Gasteiger charge is -2.35. The second-order valence-corrected chi connectivity index (χ2v) is 4.91. The van der Waals surface area contributed by atoms with E-state index in [9.17, 15) is 10.1 Å². The van der Waals surface area contributed by atoms with Crippen LogP contribution in [-0.4, -0.2) is 34.0 Å². The average Bonchev–Trinajstić information content (AvgIpc) is 2.37. The SMILES string of the molecule is CCNc1ncnc(N(C)C(C)(C)CC)c1[N+](=O)[O-]. The number of nitrogens with one attached hydrogen (secondary N) is 1. The molecule has 0 radical (unpaired) electrons. The molecule has 0 saturated carbocycles. The summed E-state index contributed by atoms with van der Waals surface area (Å²) in [6.45, 7) is 8.51. The van der Waals surface area contributed by atoms with Gasteiger partial charge in [-0.2, -0.15) is 0 Å². The summed E-state index contributed by atoms with van der Waals surface area (Å²) in [5.41, 5.74) is -0.295. The summed E-state index contributed by atoms with van der Waals surface area (Å²) in [4.78, 5) is 20.7. The molecule has 0 saturated heterocycles. The van der Waals surface area contributed by atoms with Crippen LogP contribution in [0.3, 0.4) is 0 Å². The maximum Gasteiger partial charge on any atom is 0.353 e. The Morgan fingerprint density at radius 3 is 2.53 bits per heavy atom. The number of nitro groups is 1. The van der Waals surface area contributed by atoms with Crippen LogP contribution in [0.5, 0.6) is 0 Å². The van der Waals surface area contributed by atoms with Crippen LogP contribution >= 0.6 is 0 Å². The zero-order chi connectivity index (χ0) is 14.6. The summed E-state index contributed by atoms with van der Waals surface area (Å²) in [6.07, 6.45) is 2.20. The van der Waals surface area contributed by atoms with Gasteiger partial charge in [0.25, 0.3) is 0 Å². The van der Waals surface area contributed by atoms with Crippen LogP contribution in [0.1, 0.15) is 34.1 Å². The normalized spacial score (nSPS) is 11.2. The minimum absolute atomic E-state index is 0.0756. The van der Waals surface area contributed by atoms with Gasteiger partial charge in [-0.25, -0.2) is 9.97 Å². The van der Waals surface area contributed by atoms with Gasteiger partial charge in [0.15, 0.2) is 0 Å². The highest BCUT2D eigenvalue weighted by Crippen LogP contribution is 2.34. The molecule has 7 nitrogen and oxygen atoms in total. The molecule has 1 N–H and O–H groups in total. The van der Waals surface area contributed by atoms with Gasteiger partial charge < -0.3 is 10.2 Å². The molecule has 1 aromatic heterocycles. The van der Waals surface area contributed by atoms with Gasteiger partial charge in [0, 0.05) is 19.1 Å². The molecule has 0 aliphatic carbocycles. The van der Waals surface area contributed by atoms with Gasteiger partial charge in [0.1, 0.15) is 6.33 Å². The lowest BCUT2D eigenvalue weighted by atomic mass is 10.00. The second-order valence-electron chi connectivity index (χ2n) is 4.91. The predicted octanol–water partition coefficient (Wildman–Crippen LogP) is 2.44. The molecule has 0 unspecified atom stereocenters. The van der Waals surface area contributed by atoms with Crippen molar-refractivity contribution in [1.82, 2.24) is 9.97 Å². The molecule has 0 spiro atoms. The standard InChI is InChI=1S/C12H21N5O2/c1-6-12(3,4)16(5)11-9(17(18)19)10(13-7-2)14-8-15-11/h8H,6-7H2,1-5H3,(H,13,14,15). The highest BCUT2D eigenvalue weighted by atomic mass is 16.6. The minimum Gasteiger partial charge on any atom is -0.364 e. The van der Waals surface area contributed by atoms with Crippen LogP contribution in [0.25, 0.3) is 0 Å². The fourth-order valence-electron chi connectivity index (χ4n) is 1.60. The van der Waals surface area contributed by atoms with Gasteiger partial charge in [-0.1, -0.05) is 6.92 Å². The molecular formula is C12H21N5O2. The first kappa shape index (κ1) is 15.1. The van der Waals surface area contributed by atoms with Crippen LogP contribution in [0.15, 0.2) is 6.33 Å². The van der Waals surface area contributed by atoms with Gasteiger partial charge >= 0.3 is 5.69 Å². The summed E-state index contributed by atoms with van der Waals surface area (Å²) in [6, 6.07) is 0. The van der Waals surface area contributed by atoms with Crippen molar-refractivity contribution in [2.45, 2.75) is 39.7 Å². The number of anilines is 2. The summed E-state index contributed by atoms with van der Waals surface area (Å²) < 4.78 is 0. The molecule has 106 valence electrons. The highest BCUT2D eigenvalue weighted by Gasteiger charge is 2.31. The Kier molecular flexibility index (Phi) is 4.63. The molecule has 0 fully saturated rings. The molecule has 0 aromatic carbocycles. The fourth-order valence-corrected chi connectivity index (χ4v) is 1.60. The number of nitrogens with zero attached hydrogens (tertiary/aromatic N) is 4. The van der Waals surface area contributed by atoms with E-state index in [1.165, 1.54) is 6.33 Å². The first-order valence-electron chi connectivity index (χ1n) is 6.32. The molecule has 0 bridgehead atoms. The zero-order valence-corrected chi connectivity index (χ0v) is 12.1. The fraction of sp³-hybridized carbons (Fsp3) is 0.667. The lowest BCUT2D eigenvalue weighted by Crippen LogP contribution is -2.41. The molecule has 0 atom stereocenters. The quantitative estimate of drug-likeness (QED) is 0.629. The van der Waals surface area contributed by atoms with Gasteiger partial charge in [-0.15, -0.1) is 0 Å². The van der Waals surface area contributed by atoms with Crippen LogP contribution in [-0.2, 0) is 0 Å². The Hall–Kier alpha value is -1.92. The molecular weight excluding hydrogens is 246 g/mol. The smallest absolute Gasteiger partial charge is 0.353 e. The van der Waals surface area contributed by atoms with E-state index in [2.05, 4.69) is 15.3 Å². The average molecular weight is 267 g/mol. The molecule has 7 heteroatoms. The minimum atomic E-state index is -0.435. The number of hydrogen-bond acceptors (Lipinski definition) is 6. The summed E-state index contributed by atoms with van der Waals surface area (Å²) in [5.74, 6) is 0.596. The maximum absolute atomic E-state index is 11.3. The molecule has 0 aliphatic rings. The summed E-state index contributed by atoms with van der Waals surface area (Å²) >= 11 is 0. The van der Waals surface area contributed by atoms with Gasteiger partial charge in [-0.3, -0.25) is 10.1 Å². The molecule has 19 heavy (non-hydrogen) atoms. The van der Waals surface area contributed by atoms with E-state index < -0.39 is 4.92 Å². The van der Waals surface area contributed by atoms with Crippen molar-refractivity contribution in [3.05, 3.63) is 16.4 Å². The topological polar surface area (TPSA) is 84.2 Å². The van der Waals surface area contributed by atoms with E-state index >= 15 is 0 Å². The van der Waals surface area contributed by atoms with E-state index in [0.717, 1.165) is 6.42 Å². The van der Waals surface area contributed by atoms with Crippen molar-refractivity contribution >= 4 is 17.3 Å². The third kappa shape index (κ3) is 3.10. The monoisotopic (exact) mass is 267 g/mol. The summed E-state index contributed by atoms with van der Waals surface area (Å²) in [7, 11) is 1.81. The summed E-state index contributed by atoms with van der Waals surface area (Å²) in [5, 5.41) is 14.2. The Bertz CT molecular complexity index is 461. The second kappa shape index (κ2) is 5.81. The third-order valence-corrected chi connectivity index (χ3v) is 3.42. The lowest BCUT2D eigenvalue weighted by molar-refractivity contribution is -0.383. The first-order chi connectivity index (χ1) is 8.85. The van der Waals surface area contributed by atoms with Crippen LogP contribution in [0.2, 0.25) is 0 Å². The number of rotatable bonds is 6. The first-order valence-corrected chi connectivity index (χ1v) is 6.32.